The lowest BCUT2D eigenvalue weighted by molar-refractivity contribution is 0.0949. The van der Waals surface area contributed by atoms with Crippen LogP contribution in [0.15, 0.2) is 67.0 Å². The molecule has 2 heterocycles. The summed E-state index contributed by atoms with van der Waals surface area (Å²) in [5, 5.41) is 5.65. The smallest absolute Gasteiger partial charge is 0.258 e. The Morgan fingerprint density at radius 1 is 0.938 bits per heavy atom. The normalized spacial score (nSPS) is 13.5. The van der Waals surface area contributed by atoms with Crippen LogP contribution in [0.1, 0.15) is 45.5 Å². The van der Waals surface area contributed by atoms with Crippen LogP contribution in [-0.2, 0) is 6.54 Å². The molecule has 4 rings (SSSR count). The number of nitrogens with one attached hydrogen (secondary N) is 2. The Morgan fingerprint density at radius 2 is 1.75 bits per heavy atom. The lowest BCUT2D eigenvalue weighted by Gasteiger charge is -2.30. The van der Waals surface area contributed by atoms with Crippen molar-refractivity contribution in [1.82, 2.24) is 10.3 Å². The van der Waals surface area contributed by atoms with Crippen LogP contribution in [-0.4, -0.2) is 29.9 Å². The Bertz CT molecular complexity index is 1100. The van der Waals surface area contributed by atoms with Crippen LogP contribution in [0.4, 0.5) is 15.8 Å². The van der Waals surface area contributed by atoms with Crippen molar-refractivity contribution in [2.45, 2.75) is 25.8 Å². The fourth-order valence-electron chi connectivity index (χ4n) is 3.83. The van der Waals surface area contributed by atoms with Crippen molar-refractivity contribution < 1.29 is 14.0 Å². The van der Waals surface area contributed by atoms with Gasteiger partial charge in [-0.05, 0) is 61.2 Å². The molecule has 1 aromatic heterocycles. The molecule has 164 valence electrons. The molecule has 2 aromatic carbocycles. The second kappa shape index (κ2) is 10.0. The van der Waals surface area contributed by atoms with Crippen molar-refractivity contribution >= 4 is 23.2 Å². The summed E-state index contributed by atoms with van der Waals surface area (Å²) in [6.07, 6.45) is 6.71. The van der Waals surface area contributed by atoms with Crippen LogP contribution in [0.25, 0.3) is 0 Å². The van der Waals surface area contributed by atoms with Gasteiger partial charge in [-0.3, -0.25) is 14.6 Å². The van der Waals surface area contributed by atoms with Gasteiger partial charge >= 0.3 is 0 Å². The third-order valence-corrected chi connectivity index (χ3v) is 5.49. The van der Waals surface area contributed by atoms with Crippen LogP contribution < -0.4 is 15.5 Å². The molecule has 0 spiro atoms. The molecule has 0 unspecified atom stereocenters. The zero-order valence-electron chi connectivity index (χ0n) is 17.7. The average Bonchev–Trinajstić information content (AvgIpc) is 2.84. The SMILES string of the molecule is O=C(Nc1ccc(N2CCCCC2)c(C(=O)NCc2cccnc2)c1)c1ccccc1F. The fourth-order valence-corrected chi connectivity index (χ4v) is 3.83. The Balaban J connectivity index is 1.58. The molecule has 1 fully saturated rings. The third kappa shape index (κ3) is 5.11. The van der Waals surface area contributed by atoms with Gasteiger partial charge in [0.25, 0.3) is 11.8 Å². The van der Waals surface area contributed by atoms with Crippen molar-refractivity contribution in [2.75, 3.05) is 23.3 Å². The largest absolute Gasteiger partial charge is 0.371 e. The molecule has 7 heteroatoms. The summed E-state index contributed by atoms with van der Waals surface area (Å²) in [4.78, 5) is 31.9. The monoisotopic (exact) mass is 432 g/mol. The molecule has 2 N–H and O–H groups in total. The third-order valence-electron chi connectivity index (χ3n) is 5.49. The van der Waals surface area contributed by atoms with Gasteiger partial charge in [0.15, 0.2) is 0 Å². The lowest BCUT2D eigenvalue weighted by atomic mass is 10.1. The van der Waals surface area contributed by atoms with E-state index in [0.29, 0.717) is 17.8 Å². The summed E-state index contributed by atoms with van der Waals surface area (Å²) in [7, 11) is 0. The highest BCUT2D eigenvalue weighted by Gasteiger charge is 2.20. The van der Waals surface area contributed by atoms with Crippen molar-refractivity contribution in [3.05, 3.63) is 89.5 Å². The number of halogens is 1. The highest BCUT2D eigenvalue weighted by Crippen LogP contribution is 2.28. The summed E-state index contributed by atoms with van der Waals surface area (Å²) in [5.41, 5.74) is 2.59. The molecule has 1 saturated heterocycles. The van der Waals surface area contributed by atoms with Gasteiger partial charge in [0.2, 0.25) is 0 Å². The highest BCUT2D eigenvalue weighted by atomic mass is 19.1. The van der Waals surface area contributed by atoms with Gasteiger partial charge in [0.05, 0.1) is 11.1 Å². The summed E-state index contributed by atoms with van der Waals surface area (Å²) in [5.74, 6) is -1.39. The van der Waals surface area contributed by atoms with Crippen molar-refractivity contribution in [2.24, 2.45) is 0 Å². The molecule has 32 heavy (non-hydrogen) atoms. The maximum absolute atomic E-state index is 14.0. The van der Waals surface area contributed by atoms with Crippen LogP contribution >= 0.6 is 0 Å². The second-order valence-electron chi connectivity index (χ2n) is 7.76. The number of rotatable bonds is 6. The number of carbonyl (C=O) groups excluding carboxylic acids is 2. The molecule has 6 nitrogen and oxygen atoms in total. The molecule has 3 aromatic rings. The minimum Gasteiger partial charge on any atom is -0.371 e. The average molecular weight is 432 g/mol. The van der Waals surface area contributed by atoms with Gasteiger partial charge in [-0.15, -0.1) is 0 Å². The van der Waals surface area contributed by atoms with Crippen LogP contribution in [0.5, 0.6) is 0 Å². The Labute approximate surface area is 186 Å². The number of carbonyl (C=O) groups is 2. The summed E-state index contributed by atoms with van der Waals surface area (Å²) in [6, 6.07) is 14.8. The van der Waals surface area contributed by atoms with Gasteiger partial charge in [0, 0.05) is 43.4 Å². The highest BCUT2D eigenvalue weighted by molar-refractivity contribution is 6.06. The van der Waals surface area contributed by atoms with E-state index in [9.17, 15) is 14.0 Å². The van der Waals surface area contributed by atoms with Gasteiger partial charge in [-0.2, -0.15) is 0 Å². The first kappa shape index (κ1) is 21.5. The van der Waals surface area contributed by atoms with E-state index in [1.54, 1.807) is 30.6 Å². The number of hydrogen-bond acceptors (Lipinski definition) is 4. The van der Waals surface area contributed by atoms with E-state index in [2.05, 4.69) is 20.5 Å². The molecule has 0 bridgehead atoms. The lowest BCUT2D eigenvalue weighted by Crippen LogP contribution is -2.32. The standard InChI is InChI=1S/C25H25FN4O2/c26-22-9-3-2-8-20(22)25(32)29-19-10-11-23(30-13-4-1-5-14-30)21(15-19)24(31)28-17-18-7-6-12-27-16-18/h2-3,6-12,15-16H,1,4-5,13-14,17H2,(H,28,31)(H,29,32). The molecule has 0 atom stereocenters. The molecular weight excluding hydrogens is 407 g/mol. The van der Waals surface area contributed by atoms with E-state index >= 15 is 0 Å². The molecule has 1 aliphatic heterocycles. The van der Waals surface area contributed by atoms with Crippen LogP contribution in [0.2, 0.25) is 0 Å². The second-order valence-corrected chi connectivity index (χ2v) is 7.76. The number of piperidine rings is 1. The molecule has 1 aliphatic rings. The van der Waals surface area contributed by atoms with Crippen molar-refractivity contribution in [3.8, 4) is 0 Å². The topological polar surface area (TPSA) is 74.3 Å². The Kier molecular flexibility index (Phi) is 6.75. The van der Waals surface area contributed by atoms with Gasteiger partial charge < -0.3 is 15.5 Å². The number of hydrogen-bond donors (Lipinski definition) is 2. The van der Waals surface area contributed by atoms with E-state index in [-0.39, 0.29) is 11.5 Å². The fraction of sp³-hybridized carbons (Fsp3) is 0.240. The molecule has 2 amide bonds. The number of pyridine rings is 1. The Hall–Kier alpha value is -3.74. The molecule has 0 aliphatic carbocycles. The summed E-state index contributed by atoms with van der Waals surface area (Å²) >= 11 is 0. The van der Waals surface area contributed by atoms with Gasteiger partial charge in [-0.25, -0.2) is 4.39 Å². The molecule has 0 saturated carbocycles. The van der Waals surface area contributed by atoms with E-state index in [1.807, 2.05) is 18.2 Å². The predicted octanol–water partition coefficient (Wildman–Crippen LogP) is 4.39. The predicted molar refractivity (Wildman–Crippen MR) is 122 cm³/mol. The van der Waals surface area contributed by atoms with Gasteiger partial charge in [-0.1, -0.05) is 18.2 Å². The van der Waals surface area contributed by atoms with E-state index < -0.39 is 11.7 Å². The van der Waals surface area contributed by atoms with Gasteiger partial charge in [0.1, 0.15) is 5.82 Å². The number of benzene rings is 2. The number of amides is 2. The van der Waals surface area contributed by atoms with Crippen LogP contribution in [0.3, 0.4) is 0 Å². The van der Waals surface area contributed by atoms with E-state index in [0.717, 1.165) is 37.2 Å². The molecule has 0 radical (unpaired) electrons. The first-order chi connectivity index (χ1) is 15.6. The maximum atomic E-state index is 14.0. The van der Waals surface area contributed by atoms with E-state index in [1.165, 1.54) is 24.6 Å². The zero-order valence-corrected chi connectivity index (χ0v) is 17.7. The number of nitrogens with zero attached hydrogens (tertiary/aromatic N) is 2. The minimum absolute atomic E-state index is 0.0461. The minimum atomic E-state index is -0.593. The van der Waals surface area contributed by atoms with Crippen LogP contribution in [0, 0.1) is 5.82 Å². The quantitative estimate of drug-likeness (QED) is 0.606. The van der Waals surface area contributed by atoms with Crippen molar-refractivity contribution in [3.63, 3.8) is 0 Å². The summed E-state index contributed by atoms with van der Waals surface area (Å²) in [6.45, 7) is 2.10. The van der Waals surface area contributed by atoms with Crippen molar-refractivity contribution in [1.29, 1.82) is 0 Å². The van der Waals surface area contributed by atoms with E-state index in [4.69, 9.17) is 0 Å². The zero-order chi connectivity index (χ0) is 22.3. The molecular formula is C25H25FN4O2. The summed E-state index contributed by atoms with van der Waals surface area (Å²) < 4.78 is 14.0. The number of anilines is 2. The first-order valence-electron chi connectivity index (χ1n) is 10.7. The maximum Gasteiger partial charge on any atom is 0.258 e. The Morgan fingerprint density at radius 3 is 2.50 bits per heavy atom. The first-order valence-corrected chi connectivity index (χ1v) is 10.7. The number of aromatic nitrogens is 1.